The minimum absolute atomic E-state index is 0.119. The van der Waals surface area contributed by atoms with Crippen LogP contribution in [0.4, 0.5) is 0 Å². The zero-order chi connectivity index (χ0) is 12.5. The lowest BCUT2D eigenvalue weighted by Gasteiger charge is -2.13. The van der Waals surface area contributed by atoms with Crippen LogP contribution in [0, 0.1) is 0 Å². The molecule has 2 rings (SSSR count). The summed E-state index contributed by atoms with van der Waals surface area (Å²) < 4.78 is 0. The molecule has 1 aliphatic heterocycles. The van der Waals surface area contributed by atoms with Crippen LogP contribution in [0.25, 0.3) is 0 Å². The number of carbonyl (C=O) groups excluding carboxylic acids is 1. The van der Waals surface area contributed by atoms with Crippen molar-refractivity contribution in [3.8, 4) is 0 Å². The molecule has 0 bridgehead atoms. The van der Waals surface area contributed by atoms with Gasteiger partial charge in [-0.3, -0.25) is 4.79 Å². The molecule has 1 fully saturated rings. The highest BCUT2D eigenvalue weighted by Crippen LogP contribution is 2.26. The molecule has 1 aliphatic rings. The lowest BCUT2D eigenvalue weighted by Crippen LogP contribution is -2.30. The van der Waals surface area contributed by atoms with Gasteiger partial charge in [-0.15, -0.1) is 11.3 Å². The topological polar surface area (TPSA) is 54.0 Å². The minimum atomic E-state index is 0.119. The average Bonchev–Trinajstić information content (AvgIpc) is 2.82. The van der Waals surface area contributed by atoms with E-state index in [4.69, 9.17) is 0 Å². The fraction of sp³-hybridized carbons (Fsp3) is 0.667. The van der Waals surface area contributed by atoms with Crippen LogP contribution in [0.5, 0.6) is 0 Å². The van der Waals surface area contributed by atoms with Crippen LogP contribution in [-0.4, -0.2) is 23.5 Å². The van der Waals surface area contributed by atoms with E-state index in [-0.39, 0.29) is 17.4 Å². The molecule has 1 aromatic rings. The van der Waals surface area contributed by atoms with Crippen molar-refractivity contribution in [3.63, 3.8) is 0 Å². The molecule has 1 atom stereocenters. The number of nitrogens with zero attached hydrogens (tertiary/aromatic N) is 1. The standard InChI is InChI=1S/C12H19N3OS/c1-12(2,3)11-15-7-9(17-11)6-13-8-4-10(16)14-5-8/h7-8,13H,4-6H2,1-3H3,(H,14,16). The molecule has 4 nitrogen and oxygen atoms in total. The monoisotopic (exact) mass is 253 g/mol. The highest BCUT2D eigenvalue weighted by atomic mass is 32.1. The van der Waals surface area contributed by atoms with Crippen LogP contribution in [0.3, 0.4) is 0 Å². The Balaban J connectivity index is 1.87. The van der Waals surface area contributed by atoms with Crippen LogP contribution < -0.4 is 10.6 Å². The van der Waals surface area contributed by atoms with E-state index >= 15 is 0 Å². The molecule has 0 spiro atoms. The summed E-state index contributed by atoms with van der Waals surface area (Å²) in [7, 11) is 0. The summed E-state index contributed by atoms with van der Waals surface area (Å²) in [6.45, 7) is 8.05. The van der Waals surface area contributed by atoms with Crippen LogP contribution >= 0.6 is 11.3 Å². The van der Waals surface area contributed by atoms with Gasteiger partial charge in [0, 0.05) is 42.0 Å². The van der Waals surface area contributed by atoms with Gasteiger partial charge in [-0.05, 0) is 0 Å². The molecule has 94 valence electrons. The van der Waals surface area contributed by atoms with E-state index < -0.39 is 0 Å². The first-order valence-electron chi connectivity index (χ1n) is 5.90. The third-order valence-electron chi connectivity index (χ3n) is 2.74. The molecular weight excluding hydrogens is 234 g/mol. The minimum Gasteiger partial charge on any atom is -0.354 e. The molecule has 1 aromatic heterocycles. The summed E-state index contributed by atoms with van der Waals surface area (Å²) in [5.74, 6) is 0.141. The predicted octanol–water partition coefficient (Wildman–Crippen LogP) is 1.42. The highest BCUT2D eigenvalue weighted by molar-refractivity contribution is 7.11. The Morgan fingerprint density at radius 2 is 2.35 bits per heavy atom. The maximum Gasteiger partial charge on any atom is 0.221 e. The van der Waals surface area contributed by atoms with Crippen molar-refractivity contribution >= 4 is 17.2 Å². The fourth-order valence-corrected chi connectivity index (χ4v) is 2.65. The maximum atomic E-state index is 11.0. The third-order valence-corrected chi connectivity index (χ3v) is 4.16. The SMILES string of the molecule is CC(C)(C)c1ncc(CNC2CNC(=O)C2)s1. The van der Waals surface area contributed by atoms with Gasteiger partial charge in [-0.1, -0.05) is 20.8 Å². The Morgan fingerprint density at radius 1 is 1.59 bits per heavy atom. The van der Waals surface area contributed by atoms with Crippen molar-refractivity contribution in [2.45, 2.75) is 45.2 Å². The van der Waals surface area contributed by atoms with Gasteiger partial charge in [-0.2, -0.15) is 0 Å². The first kappa shape index (κ1) is 12.5. The van der Waals surface area contributed by atoms with Gasteiger partial charge in [0.15, 0.2) is 0 Å². The van der Waals surface area contributed by atoms with Crippen LogP contribution in [0.15, 0.2) is 6.20 Å². The van der Waals surface area contributed by atoms with Gasteiger partial charge in [0.05, 0.1) is 5.01 Å². The van der Waals surface area contributed by atoms with Gasteiger partial charge in [0.2, 0.25) is 5.91 Å². The van der Waals surface area contributed by atoms with Gasteiger partial charge in [0.25, 0.3) is 0 Å². The summed E-state index contributed by atoms with van der Waals surface area (Å²) in [6, 6.07) is 0.266. The number of aromatic nitrogens is 1. The fourth-order valence-electron chi connectivity index (χ4n) is 1.73. The smallest absolute Gasteiger partial charge is 0.221 e. The van der Waals surface area contributed by atoms with Crippen molar-refractivity contribution in [3.05, 3.63) is 16.1 Å². The quantitative estimate of drug-likeness (QED) is 0.856. The summed E-state index contributed by atoms with van der Waals surface area (Å²) in [5.41, 5.74) is 0.119. The summed E-state index contributed by atoms with van der Waals surface area (Å²) in [4.78, 5) is 16.7. The van der Waals surface area contributed by atoms with Crippen LogP contribution in [-0.2, 0) is 16.8 Å². The van der Waals surface area contributed by atoms with Crippen molar-refractivity contribution in [2.24, 2.45) is 0 Å². The molecule has 1 amide bonds. The first-order valence-corrected chi connectivity index (χ1v) is 6.72. The number of hydrogen-bond acceptors (Lipinski definition) is 4. The van der Waals surface area contributed by atoms with Crippen LogP contribution in [0.1, 0.15) is 37.1 Å². The van der Waals surface area contributed by atoms with E-state index in [0.29, 0.717) is 6.42 Å². The van der Waals surface area contributed by atoms with Crippen molar-refractivity contribution in [1.82, 2.24) is 15.6 Å². The van der Waals surface area contributed by atoms with E-state index in [9.17, 15) is 4.79 Å². The van der Waals surface area contributed by atoms with E-state index in [1.54, 1.807) is 11.3 Å². The van der Waals surface area contributed by atoms with Gasteiger partial charge in [-0.25, -0.2) is 4.98 Å². The molecule has 1 unspecified atom stereocenters. The Labute approximate surface area is 106 Å². The molecule has 1 saturated heterocycles. The Bertz CT molecular complexity index is 408. The van der Waals surface area contributed by atoms with E-state index in [2.05, 4.69) is 36.4 Å². The average molecular weight is 253 g/mol. The Kier molecular flexibility index (Phi) is 3.49. The second-order valence-corrected chi connectivity index (χ2v) is 6.58. The number of nitrogens with one attached hydrogen (secondary N) is 2. The lowest BCUT2D eigenvalue weighted by atomic mass is 9.98. The normalized spacial score (nSPS) is 20.6. The van der Waals surface area contributed by atoms with Crippen molar-refractivity contribution in [2.75, 3.05) is 6.54 Å². The summed E-state index contributed by atoms with van der Waals surface area (Å²) >= 11 is 1.75. The van der Waals surface area contributed by atoms with Gasteiger partial charge < -0.3 is 10.6 Å². The summed E-state index contributed by atoms with van der Waals surface area (Å²) in [5, 5.41) is 7.36. The molecule has 2 heterocycles. The van der Waals surface area contributed by atoms with Crippen LogP contribution in [0.2, 0.25) is 0 Å². The number of hydrogen-bond donors (Lipinski definition) is 2. The van der Waals surface area contributed by atoms with Crippen molar-refractivity contribution < 1.29 is 4.79 Å². The van der Waals surface area contributed by atoms with E-state index in [0.717, 1.165) is 18.1 Å². The molecule has 17 heavy (non-hydrogen) atoms. The van der Waals surface area contributed by atoms with E-state index in [1.165, 1.54) is 4.88 Å². The second-order valence-electron chi connectivity index (χ2n) is 5.47. The summed E-state index contributed by atoms with van der Waals surface area (Å²) in [6.07, 6.45) is 2.52. The molecule has 2 N–H and O–H groups in total. The van der Waals surface area contributed by atoms with Crippen molar-refractivity contribution in [1.29, 1.82) is 0 Å². The van der Waals surface area contributed by atoms with E-state index in [1.807, 2.05) is 6.20 Å². The van der Waals surface area contributed by atoms with Gasteiger partial charge in [0.1, 0.15) is 0 Å². The van der Waals surface area contributed by atoms with Gasteiger partial charge >= 0.3 is 0 Å². The first-order chi connectivity index (χ1) is 7.95. The highest BCUT2D eigenvalue weighted by Gasteiger charge is 2.21. The molecule has 0 saturated carbocycles. The lowest BCUT2D eigenvalue weighted by molar-refractivity contribution is -0.119. The molecule has 5 heteroatoms. The molecule has 0 radical (unpaired) electrons. The zero-order valence-corrected chi connectivity index (χ0v) is 11.4. The number of carbonyl (C=O) groups is 1. The second kappa shape index (κ2) is 4.74. The largest absolute Gasteiger partial charge is 0.354 e. The number of amides is 1. The Hall–Kier alpha value is -0.940. The molecule has 0 aliphatic carbocycles. The Morgan fingerprint density at radius 3 is 2.88 bits per heavy atom. The molecular formula is C12H19N3OS. The third kappa shape index (κ3) is 3.26. The predicted molar refractivity (Wildman–Crippen MR) is 69.1 cm³/mol. The number of rotatable bonds is 3. The molecule has 0 aromatic carbocycles. The zero-order valence-electron chi connectivity index (χ0n) is 10.5. The maximum absolute atomic E-state index is 11.0. The number of thiazole rings is 1.